The molecule has 0 fully saturated rings. The number of thioether (sulfide) groups is 2. The van der Waals surface area contributed by atoms with Crippen molar-refractivity contribution in [3.05, 3.63) is 0 Å². The fourth-order valence-electron chi connectivity index (χ4n) is 2.27. The Kier molecular flexibility index (Phi) is 15.2. The largest absolute Gasteiger partial charge is 0.481 e. The Morgan fingerprint density at radius 3 is 1.81 bits per heavy atom. The number of hydrogen-bond acceptors (Lipinski definition) is 9. The fourth-order valence-corrected chi connectivity index (χ4v) is 3.49. The standard InChI is InChI=1S/C17H30N4O7S3/c1-30-5-3-9(18)14(24)21-12(8-29)16(26)20-11(7-13(22)23)15(25)19-10(17(27)28)4-6-31-2/h9-12,29H,3-8,18H2,1-2H3,(H,19,25)(H,20,26)(H,21,24)(H,22,23)(H,27,28). The van der Waals surface area contributed by atoms with E-state index in [4.69, 9.17) is 10.8 Å². The molecule has 31 heavy (non-hydrogen) atoms. The molecule has 0 heterocycles. The van der Waals surface area contributed by atoms with Crippen molar-refractivity contribution in [1.82, 2.24) is 16.0 Å². The van der Waals surface area contributed by atoms with Crippen LogP contribution in [0, 0.1) is 0 Å². The molecular weight excluding hydrogens is 468 g/mol. The van der Waals surface area contributed by atoms with Gasteiger partial charge in [0.1, 0.15) is 18.1 Å². The topological polar surface area (TPSA) is 188 Å². The smallest absolute Gasteiger partial charge is 0.326 e. The molecule has 0 spiro atoms. The molecule has 0 saturated heterocycles. The van der Waals surface area contributed by atoms with E-state index in [0.29, 0.717) is 17.9 Å². The molecule has 14 heteroatoms. The van der Waals surface area contributed by atoms with Crippen molar-refractivity contribution in [2.24, 2.45) is 5.73 Å². The monoisotopic (exact) mass is 498 g/mol. The zero-order chi connectivity index (χ0) is 24.0. The maximum absolute atomic E-state index is 12.5. The van der Waals surface area contributed by atoms with E-state index in [2.05, 4.69) is 28.6 Å². The van der Waals surface area contributed by atoms with E-state index in [1.807, 2.05) is 6.26 Å². The molecule has 3 amide bonds. The number of aliphatic carboxylic acids is 2. The molecule has 11 nitrogen and oxygen atoms in total. The molecule has 0 bridgehead atoms. The van der Waals surface area contributed by atoms with Crippen molar-refractivity contribution in [3.8, 4) is 0 Å². The zero-order valence-corrected chi connectivity index (χ0v) is 19.9. The van der Waals surface area contributed by atoms with Crippen LogP contribution in [0.15, 0.2) is 0 Å². The van der Waals surface area contributed by atoms with Gasteiger partial charge in [-0.15, -0.1) is 0 Å². The lowest BCUT2D eigenvalue weighted by molar-refractivity contribution is -0.143. The number of amides is 3. The molecule has 0 rings (SSSR count). The SMILES string of the molecule is CSCCC(N)C(=O)NC(CS)C(=O)NC(CC(=O)O)C(=O)NC(CCSC)C(=O)O. The molecule has 4 atom stereocenters. The second-order valence-electron chi connectivity index (χ2n) is 6.47. The number of nitrogens with two attached hydrogens (primary N) is 1. The van der Waals surface area contributed by atoms with E-state index in [9.17, 15) is 29.1 Å². The minimum atomic E-state index is -1.54. The van der Waals surface area contributed by atoms with Gasteiger partial charge in [-0.3, -0.25) is 19.2 Å². The van der Waals surface area contributed by atoms with Crippen LogP contribution in [-0.2, 0) is 24.0 Å². The number of carbonyl (C=O) groups excluding carboxylic acids is 3. The predicted octanol–water partition coefficient (Wildman–Crippen LogP) is -1.24. The highest BCUT2D eigenvalue weighted by Crippen LogP contribution is 2.04. The molecule has 0 aromatic rings. The fraction of sp³-hybridized carbons (Fsp3) is 0.706. The van der Waals surface area contributed by atoms with E-state index < -0.39 is 60.2 Å². The number of rotatable bonds is 16. The van der Waals surface area contributed by atoms with Gasteiger partial charge < -0.3 is 31.9 Å². The highest BCUT2D eigenvalue weighted by Gasteiger charge is 2.31. The maximum Gasteiger partial charge on any atom is 0.326 e. The Labute approximate surface area is 194 Å². The third-order valence-electron chi connectivity index (χ3n) is 4.02. The average Bonchev–Trinajstić information content (AvgIpc) is 2.71. The summed E-state index contributed by atoms with van der Waals surface area (Å²) in [5.41, 5.74) is 5.76. The molecule has 0 saturated carbocycles. The first-order valence-electron chi connectivity index (χ1n) is 9.27. The lowest BCUT2D eigenvalue weighted by atomic mass is 10.1. The Morgan fingerprint density at radius 1 is 0.839 bits per heavy atom. The molecule has 4 unspecified atom stereocenters. The summed E-state index contributed by atoms with van der Waals surface area (Å²) in [6, 6.07) is -4.77. The van der Waals surface area contributed by atoms with Crippen LogP contribution in [0.5, 0.6) is 0 Å². The molecule has 0 aromatic carbocycles. The Morgan fingerprint density at radius 2 is 1.32 bits per heavy atom. The summed E-state index contributed by atoms with van der Waals surface area (Å²) in [7, 11) is 0. The maximum atomic E-state index is 12.5. The summed E-state index contributed by atoms with van der Waals surface area (Å²) in [6.07, 6.45) is 3.38. The summed E-state index contributed by atoms with van der Waals surface area (Å²) in [6.45, 7) is 0. The van der Waals surface area contributed by atoms with Crippen molar-refractivity contribution >= 4 is 65.8 Å². The summed E-state index contributed by atoms with van der Waals surface area (Å²) in [4.78, 5) is 59.6. The second-order valence-corrected chi connectivity index (χ2v) is 8.81. The van der Waals surface area contributed by atoms with E-state index in [1.165, 1.54) is 23.5 Å². The van der Waals surface area contributed by atoms with Gasteiger partial charge in [0, 0.05) is 5.75 Å². The Balaban J connectivity index is 5.19. The van der Waals surface area contributed by atoms with Crippen LogP contribution in [-0.4, -0.2) is 93.8 Å². The highest BCUT2D eigenvalue weighted by molar-refractivity contribution is 7.98. The van der Waals surface area contributed by atoms with Gasteiger partial charge >= 0.3 is 11.9 Å². The lowest BCUT2D eigenvalue weighted by Gasteiger charge is -2.23. The van der Waals surface area contributed by atoms with Gasteiger partial charge in [-0.05, 0) is 36.9 Å². The van der Waals surface area contributed by atoms with E-state index >= 15 is 0 Å². The summed E-state index contributed by atoms with van der Waals surface area (Å²) in [5, 5.41) is 25.2. The number of carboxylic acid groups (broad SMARTS) is 2. The third kappa shape index (κ3) is 12.1. The van der Waals surface area contributed by atoms with Gasteiger partial charge in [-0.25, -0.2) is 4.79 Å². The van der Waals surface area contributed by atoms with Crippen LogP contribution in [0.3, 0.4) is 0 Å². The van der Waals surface area contributed by atoms with Crippen LogP contribution >= 0.6 is 36.2 Å². The Bertz CT molecular complexity index is 639. The first-order chi connectivity index (χ1) is 14.6. The number of carboxylic acids is 2. The van der Waals surface area contributed by atoms with Gasteiger partial charge in [0.15, 0.2) is 0 Å². The van der Waals surface area contributed by atoms with Crippen molar-refractivity contribution in [3.63, 3.8) is 0 Å². The number of thiol groups is 1. The zero-order valence-electron chi connectivity index (χ0n) is 17.3. The number of hydrogen-bond donors (Lipinski definition) is 7. The van der Waals surface area contributed by atoms with Gasteiger partial charge in [-0.1, -0.05) is 0 Å². The van der Waals surface area contributed by atoms with Crippen molar-refractivity contribution in [2.45, 2.75) is 43.4 Å². The van der Waals surface area contributed by atoms with Crippen LogP contribution in [0.2, 0.25) is 0 Å². The quantitative estimate of drug-likeness (QED) is 0.127. The normalized spacial score (nSPS) is 14.6. The van der Waals surface area contributed by atoms with Crippen LogP contribution in [0.1, 0.15) is 19.3 Å². The predicted molar refractivity (Wildman–Crippen MR) is 124 cm³/mol. The first kappa shape index (κ1) is 29.4. The second kappa shape index (κ2) is 16.1. The molecule has 178 valence electrons. The molecule has 0 aliphatic carbocycles. The molecule has 7 N–H and O–H groups in total. The molecule has 0 radical (unpaired) electrons. The number of carbonyl (C=O) groups is 5. The molecule has 0 aromatic heterocycles. The van der Waals surface area contributed by atoms with Gasteiger partial charge in [-0.2, -0.15) is 36.2 Å². The number of nitrogens with one attached hydrogen (secondary N) is 3. The molecule has 0 aliphatic heterocycles. The van der Waals surface area contributed by atoms with Crippen molar-refractivity contribution < 1.29 is 34.2 Å². The average molecular weight is 499 g/mol. The van der Waals surface area contributed by atoms with Gasteiger partial charge in [0.05, 0.1) is 12.5 Å². The first-order valence-corrected chi connectivity index (χ1v) is 12.7. The Hall–Kier alpha value is -1.64. The third-order valence-corrected chi connectivity index (χ3v) is 5.68. The molecular formula is C17H30N4O7S3. The van der Waals surface area contributed by atoms with Crippen molar-refractivity contribution in [1.29, 1.82) is 0 Å². The lowest BCUT2D eigenvalue weighted by Crippen LogP contribution is -2.58. The summed E-state index contributed by atoms with van der Waals surface area (Å²) < 4.78 is 0. The van der Waals surface area contributed by atoms with E-state index in [1.54, 1.807) is 6.26 Å². The minimum Gasteiger partial charge on any atom is -0.481 e. The van der Waals surface area contributed by atoms with Crippen LogP contribution in [0.4, 0.5) is 0 Å². The van der Waals surface area contributed by atoms with Gasteiger partial charge in [0.25, 0.3) is 0 Å². The van der Waals surface area contributed by atoms with Crippen molar-refractivity contribution in [2.75, 3.05) is 29.8 Å². The van der Waals surface area contributed by atoms with E-state index in [-0.39, 0.29) is 12.2 Å². The summed E-state index contributed by atoms with van der Waals surface area (Å²) >= 11 is 6.91. The van der Waals surface area contributed by atoms with E-state index in [0.717, 1.165) is 0 Å². The molecule has 0 aliphatic rings. The highest BCUT2D eigenvalue weighted by atomic mass is 32.2. The van der Waals surface area contributed by atoms with Crippen LogP contribution in [0.25, 0.3) is 0 Å². The van der Waals surface area contributed by atoms with Crippen LogP contribution < -0.4 is 21.7 Å². The minimum absolute atomic E-state index is 0.124. The van der Waals surface area contributed by atoms with Gasteiger partial charge in [0.2, 0.25) is 17.7 Å². The summed E-state index contributed by atoms with van der Waals surface area (Å²) in [5.74, 6) is -4.04.